The van der Waals surface area contributed by atoms with E-state index in [1.807, 2.05) is 55.5 Å². The van der Waals surface area contributed by atoms with Crippen LogP contribution >= 0.6 is 0 Å². The van der Waals surface area contributed by atoms with Crippen molar-refractivity contribution in [1.29, 1.82) is 0 Å². The van der Waals surface area contributed by atoms with E-state index in [0.29, 0.717) is 30.3 Å². The van der Waals surface area contributed by atoms with E-state index in [0.717, 1.165) is 30.4 Å². The molecule has 2 aromatic rings. The summed E-state index contributed by atoms with van der Waals surface area (Å²) in [6, 6.07) is 15.1. The Morgan fingerprint density at radius 1 is 0.537 bits per heavy atom. The maximum absolute atomic E-state index is 12.3. The van der Waals surface area contributed by atoms with Gasteiger partial charge in [-0.2, -0.15) is 0 Å². The molecule has 0 N–H and O–H groups in total. The third-order valence-electron chi connectivity index (χ3n) is 7.95. The second kappa shape index (κ2) is 22.0. The van der Waals surface area contributed by atoms with Gasteiger partial charge in [-0.15, -0.1) is 0 Å². The molecule has 0 aliphatic heterocycles. The fourth-order valence-corrected chi connectivity index (χ4v) is 5.03. The minimum Gasteiger partial charge on any atom is -0.427 e. The predicted molar refractivity (Wildman–Crippen MR) is 171 cm³/mol. The third-order valence-corrected chi connectivity index (χ3v) is 7.95. The molecule has 0 aromatic heterocycles. The smallest absolute Gasteiger partial charge is 0.311 e. The zero-order chi connectivity index (χ0) is 29.5. The van der Waals surface area contributed by atoms with Crippen LogP contribution < -0.4 is 9.47 Å². The summed E-state index contributed by atoms with van der Waals surface area (Å²) in [4.78, 5) is 24.3. The molecule has 0 spiro atoms. The lowest BCUT2D eigenvalue weighted by Crippen LogP contribution is -2.11. The van der Waals surface area contributed by atoms with Gasteiger partial charge in [-0.3, -0.25) is 9.59 Å². The molecule has 1 unspecified atom stereocenters. The molecule has 0 saturated carbocycles. The minimum atomic E-state index is -0.196. The summed E-state index contributed by atoms with van der Waals surface area (Å²) in [7, 11) is 0. The molecule has 0 bridgehead atoms. The molecule has 0 aliphatic carbocycles. The fraction of sp³-hybridized carbons (Fsp3) is 0.622. The fourth-order valence-electron chi connectivity index (χ4n) is 5.03. The van der Waals surface area contributed by atoms with Crippen molar-refractivity contribution in [3.05, 3.63) is 48.5 Å². The Labute approximate surface area is 250 Å². The first kappa shape index (κ1) is 34.6. The standard InChI is InChI=1S/C37H56O4/c1-4-6-7-8-9-10-11-12-13-14-15-16-17-18-19-20-21-36(38)40-34-26-22-32(23-27-34)33-24-28-35(29-25-33)41-37(39)30-31(3)5-2/h22-29,31H,4-21,30H2,1-3H3. The van der Waals surface area contributed by atoms with Crippen LogP contribution in [-0.4, -0.2) is 11.9 Å². The van der Waals surface area contributed by atoms with Gasteiger partial charge in [-0.1, -0.05) is 148 Å². The number of ether oxygens (including phenoxy) is 2. The van der Waals surface area contributed by atoms with E-state index in [9.17, 15) is 9.59 Å². The molecule has 0 aliphatic rings. The Morgan fingerprint density at radius 3 is 1.29 bits per heavy atom. The van der Waals surface area contributed by atoms with E-state index in [4.69, 9.17) is 9.47 Å². The number of rotatable bonds is 23. The van der Waals surface area contributed by atoms with Crippen molar-refractivity contribution in [2.45, 2.75) is 143 Å². The summed E-state index contributed by atoms with van der Waals surface area (Å²) in [6.07, 6.45) is 23.0. The number of carbonyl (C=O) groups is 2. The van der Waals surface area contributed by atoms with Gasteiger partial charge in [0.05, 0.1) is 0 Å². The largest absolute Gasteiger partial charge is 0.427 e. The molecule has 0 amide bonds. The molecule has 41 heavy (non-hydrogen) atoms. The Kier molecular flexibility index (Phi) is 18.6. The van der Waals surface area contributed by atoms with Crippen molar-refractivity contribution in [3.8, 4) is 22.6 Å². The van der Waals surface area contributed by atoms with Crippen LogP contribution in [-0.2, 0) is 9.59 Å². The van der Waals surface area contributed by atoms with Crippen LogP contribution in [0.1, 0.15) is 143 Å². The highest BCUT2D eigenvalue weighted by molar-refractivity contribution is 5.74. The second-order valence-corrected chi connectivity index (χ2v) is 11.8. The zero-order valence-electron chi connectivity index (χ0n) is 26.3. The van der Waals surface area contributed by atoms with E-state index in [-0.39, 0.29) is 11.9 Å². The quantitative estimate of drug-likeness (QED) is 0.0765. The molecular formula is C37H56O4. The molecule has 4 heteroatoms. The average Bonchev–Trinajstić information content (AvgIpc) is 2.97. The molecule has 0 heterocycles. The van der Waals surface area contributed by atoms with Gasteiger partial charge in [0.2, 0.25) is 0 Å². The number of hydrogen-bond donors (Lipinski definition) is 0. The lowest BCUT2D eigenvalue weighted by atomic mass is 10.0. The first-order valence-electron chi connectivity index (χ1n) is 16.6. The molecular weight excluding hydrogens is 508 g/mol. The molecule has 2 rings (SSSR count). The first-order valence-corrected chi connectivity index (χ1v) is 16.6. The Bertz CT molecular complexity index is 948. The lowest BCUT2D eigenvalue weighted by molar-refractivity contribution is -0.136. The van der Waals surface area contributed by atoms with Gasteiger partial charge in [-0.25, -0.2) is 0 Å². The van der Waals surface area contributed by atoms with Crippen molar-refractivity contribution in [2.75, 3.05) is 0 Å². The van der Waals surface area contributed by atoms with Gasteiger partial charge < -0.3 is 9.47 Å². The second-order valence-electron chi connectivity index (χ2n) is 11.8. The molecule has 4 nitrogen and oxygen atoms in total. The summed E-state index contributed by atoms with van der Waals surface area (Å²) in [5, 5.41) is 0. The van der Waals surface area contributed by atoms with Gasteiger partial charge in [0, 0.05) is 12.8 Å². The molecule has 1 atom stereocenters. The Morgan fingerprint density at radius 2 is 0.902 bits per heavy atom. The van der Waals surface area contributed by atoms with Crippen molar-refractivity contribution < 1.29 is 19.1 Å². The van der Waals surface area contributed by atoms with Gasteiger partial charge in [0.15, 0.2) is 0 Å². The molecule has 0 saturated heterocycles. The lowest BCUT2D eigenvalue weighted by Gasteiger charge is -2.09. The van der Waals surface area contributed by atoms with E-state index in [1.165, 1.54) is 89.9 Å². The maximum Gasteiger partial charge on any atom is 0.311 e. The number of esters is 2. The van der Waals surface area contributed by atoms with Crippen molar-refractivity contribution in [1.82, 2.24) is 0 Å². The number of unbranched alkanes of at least 4 members (excludes halogenated alkanes) is 15. The zero-order valence-corrected chi connectivity index (χ0v) is 26.3. The van der Waals surface area contributed by atoms with Crippen molar-refractivity contribution in [2.24, 2.45) is 5.92 Å². The van der Waals surface area contributed by atoms with Gasteiger partial charge in [-0.05, 0) is 47.7 Å². The molecule has 2 aromatic carbocycles. The van der Waals surface area contributed by atoms with E-state index < -0.39 is 0 Å². The summed E-state index contributed by atoms with van der Waals surface area (Å²) in [5.74, 6) is 1.10. The van der Waals surface area contributed by atoms with E-state index in [1.54, 1.807) is 0 Å². The van der Waals surface area contributed by atoms with Crippen LogP contribution in [0.5, 0.6) is 11.5 Å². The highest BCUT2D eigenvalue weighted by Gasteiger charge is 2.10. The topological polar surface area (TPSA) is 52.6 Å². The third kappa shape index (κ3) is 16.4. The van der Waals surface area contributed by atoms with Crippen LogP contribution in [0.25, 0.3) is 11.1 Å². The molecule has 0 fully saturated rings. The van der Waals surface area contributed by atoms with E-state index >= 15 is 0 Å². The van der Waals surface area contributed by atoms with Crippen LogP contribution in [0.15, 0.2) is 48.5 Å². The monoisotopic (exact) mass is 564 g/mol. The van der Waals surface area contributed by atoms with Gasteiger partial charge in [0.25, 0.3) is 0 Å². The van der Waals surface area contributed by atoms with Crippen molar-refractivity contribution in [3.63, 3.8) is 0 Å². The highest BCUT2D eigenvalue weighted by Crippen LogP contribution is 2.25. The number of hydrogen-bond acceptors (Lipinski definition) is 4. The van der Waals surface area contributed by atoms with Crippen LogP contribution in [0.3, 0.4) is 0 Å². The molecule has 0 radical (unpaired) electrons. The minimum absolute atomic E-state index is 0.160. The number of carbonyl (C=O) groups excluding carboxylic acids is 2. The SMILES string of the molecule is CCCCCCCCCCCCCCCCCCC(=O)Oc1ccc(-c2ccc(OC(=O)CC(C)CC)cc2)cc1. The predicted octanol–water partition coefficient (Wildman–Crippen LogP) is 11.3. The van der Waals surface area contributed by atoms with Gasteiger partial charge in [0.1, 0.15) is 11.5 Å². The van der Waals surface area contributed by atoms with Crippen molar-refractivity contribution >= 4 is 11.9 Å². The van der Waals surface area contributed by atoms with E-state index in [2.05, 4.69) is 13.8 Å². The maximum atomic E-state index is 12.3. The summed E-state index contributed by atoms with van der Waals surface area (Å²) < 4.78 is 11.0. The highest BCUT2D eigenvalue weighted by atomic mass is 16.5. The summed E-state index contributed by atoms with van der Waals surface area (Å²) in [5.41, 5.74) is 2.03. The van der Waals surface area contributed by atoms with Gasteiger partial charge >= 0.3 is 11.9 Å². The van der Waals surface area contributed by atoms with Crippen LogP contribution in [0.2, 0.25) is 0 Å². The molecule has 228 valence electrons. The number of benzene rings is 2. The Hall–Kier alpha value is -2.62. The first-order chi connectivity index (χ1) is 20.0. The Balaban J connectivity index is 1.51. The van der Waals surface area contributed by atoms with Crippen LogP contribution in [0.4, 0.5) is 0 Å². The normalized spacial score (nSPS) is 11.8. The average molecular weight is 565 g/mol. The summed E-state index contributed by atoms with van der Waals surface area (Å²) in [6.45, 7) is 6.40. The van der Waals surface area contributed by atoms with Crippen LogP contribution in [0, 0.1) is 5.92 Å². The summed E-state index contributed by atoms with van der Waals surface area (Å²) >= 11 is 0.